The van der Waals surface area contributed by atoms with Crippen LogP contribution in [0, 0.1) is 12.8 Å². The van der Waals surface area contributed by atoms with E-state index in [1.165, 1.54) is 0 Å². The maximum absolute atomic E-state index is 12.8. The first-order valence-electron chi connectivity index (χ1n) is 9.39. The number of aliphatic hydroxyl groups is 1. The Bertz CT molecular complexity index is 806. The second-order valence-corrected chi connectivity index (χ2v) is 7.43. The molecule has 2 aromatic rings. The minimum Gasteiger partial charge on any atom is -0.492 e. The Morgan fingerprint density at radius 1 is 1.33 bits per heavy atom. The van der Waals surface area contributed by atoms with E-state index in [4.69, 9.17) is 9.26 Å². The molecule has 1 N–H and O–H groups in total. The first kappa shape index (κ1) is 18.0. The zero-order valence-corrected chi connectivity index (χ0v) is 15.5. The molecule has 3 heterocycles. The summed E-state index contributed by atoms with van der Waals surface area (Å²) < 4.78 is 11.0. The van der Waals surface area contributed by atoms with Crippen LogP contribution in [0.2, 0.25) is 0 Å². The summed E-state index contributed by atoms with van der Waals surface area (Å²) in [7, 11) is 0. The van der Waals surface area contributed by atoms with Crippen molar-refractivity contribution in [3.8, 4) is 5.75 Å². The molecule has 4 rings (SSSR count). The quantitative estimate of drug-likeness (QED) is 0.871. The highest BCUT2D eigenvalue weighted by Crippen LogP contribution is 2.24. The Kier molecular flexibility index (Phi) is 5.13. The van der Waals surface area contributed by atoms with E-state index < -0.39 is 6.10 Å². The van der Waals surface area contributed by atoms with E-state index in [0.717, 1.165) is 22.8 Å². The van der Waals surface area contributed by atoms with E-state index in [0.29, 0.717) is 45.8 Å². The lowest BCUT2D eigenvalue weighted by Crippen LogP contribution is -2.40. The molecule has 7 heteroatoms. The lowest BCUT2D eigenvalue weighted by molar-refractivity contribution is -0.132. The largest absolute Gasteiger partial charge is 0.492 e. The van der Waals surface area contributed by atoms with Crippen LogP contribution in [-0.4, -0.2) is 64.9 Å². The van der Waals surface area contributed by atoms with Crippen molar-refractivity contribution in [2.24, 2.45) is 5.92 Å². The van der Waals surface area contributed by atoms with E-state index in [9.17, 15) is 9.90 Å². The van der Waals surface area contributed by atoms with Crippen LogP contribution in [0.25, 0.3) is 0 Å². The predicted molar refractivity (Wildman–Crippen MR) is 98.2 cm³/mol. The fourth-order valence-corrected chi connectivity index (χ4v) is 3.84. The molecule has 1 aromatic carbocycles. The number of amides is 1. The zero-order valence-electron chi connectivity index (χ0n) is 15.5. The van der Waals surface area contributed by atoms with E-state index >= 15 is 0 Å². The molecule has 1 fully saturated rings. The van der Waals surface area contributed by atoms with E-state index in [1.807, 2.05) is 37.3 Å². The van der Waals surface area contributed by atoms with Gasteiger partial charge in [0.2, 0.25) is 5.91 Å². The minimum absolute atomic E-state index is 0.0190. The third-order valence-corrected chi connectivity index (χ3v) is 5.29. The van der Waals surface area contributed by atoms with Crippen LogP contribution < -0.4 is 4.74 Å². The highest BCUT2D eigenvalue weighted by molar-refractivity contribution is 5.78. The van der Waals surface area contributed by atoms with Crippen molar-refractivity contribution in [3.63, 3.8) is 0 Å². The molecule has 0 radical (unpaired) electrons. The van der Waals surface area contributed by atoms with Crippen molar-refractivity contribution in [1.29, 1.82) is 0 Å². The predicted octanol–water partition coefficient (Wildman–Crippen LogP) is 1.24. The van der Waals surface area contributed by atoms with Crippen molar-refractivity contribution < 1.29 is 19.2 Å². The number of likely N-dealkylation sites (tertiary alicyclic amines) is 1. The summed E-state index contributed by atoms with van der Waals surface area (Å²) in [5, 5.41) is 14.3. The number of ether oxygens (including phenoxy) is 1. The Morgan fingerprint density at radius 3 is 3.00 bits per heavy atom. The van der Waals surface area contributed by atoms with Gasteiger partial charge in [0, 0.05) is 50.1 Å². The van der Waals surface area contributed by atoms with Gasteiger partial charge in [0.1, 0.15) is 18.1 Å². The van der Waals surface area contributed by atoms with Gasteiger partial charge in [0.15, 0.2) is 0 Å². The maximum Gasteiger partial charge on any atom is 0.236 e. The molecule has 2 aliphatic heterocycles. The van der Waals surface area contributed by atoms with E-state index in [2.05, 4.69) is 10.1 Å². The van der Waals surface area contributed by atoms with Crippen molar-refractivity contribution in [2.45, 2.75) is 26.0 Å². The van der Waals surface area contributed by atoms with Gasteiger partial charge in [-0.1, -0.05) is 23.4 Å². The molecule has 2 atom stereocenters. The molecule has 0 saturated carbocycles. The zero-order chi connectivity index (χ0) is 18.8. The summed E-state index contributed by atoms with van der Waals surface area (Å²) in [6, 6.07) is 9.83. The first-order valence-corrected chi connectivity index (χ1v) is 9.39. The summed E-state index contributed by atoms with van der Waals surface area (Å²) in [6.45, 7) is 5.09. The van der Waals surface area contributed by atoms with Gasteiger partial charge in [-0.05, 0) is 13.0 Å². The molecule has 0 bridgehead atoms. The second kappa shape index (κ2) is 7.70. The van der Waals surface area contributed by atoms with Crippen LogP contribution in [0.5, 0.6) is 5.75 Å². The van der Waals surface area contributed by atoms with E-state index in [1.54, 1.807) is 4.90 Å². The third kappa shape index (κ3) is 4.14. The van der Waals surface area contributed by atoms with Crippen LogP contribution in [0.15, 0.2) is 34.9 Å². The minimum atomic E-state index is -0.535. The average molecular weight is 371 g/mol. The summed E-state index contributed by atoms with van der Waals surface area (Å²) >= 11 is 0. The Hall–Kier alpha value is -2.38. The van der Waals surface area contributed by atoms with E-state index in [-0.39, 0.29) is 11.8 Å². The molecular weight excluding hydrogens is 346 g/mol. The molecule has 27 heavy (non-hydrogen) atoms. The molecule has 0 spiro atoms. The number of benzene rings is 1. The fraction of sp³-hybridized carbons (Fsp3) is 0.500. The Balaban J connectivity index is 1.34. The van der Waals surface area contributed by atoms with Gasteiger partial charge < -0.3 is 19.3 Å². The van der Waals surface area contributed by atoms with Crippen LogP contribution in [0.3, 0.4) is 0 Å². The van der Waals surface area contributed by atoms with Gasteiger partial charge >= 0.3 is 0 Å². The molecule has 1 aromatic heterocycles. The fourth-order valence-electron chi connectivity index (χ4n) is 3.84. The number of hydrogen-bond acceptors (Lipinski definition) is 6. The second-order valence-electron chi connectivity index (χ2n) is 7.43. The summed E-state index contributed by atoms with van der Waals surface area (Å²) in [5.74, 6) is 1.68. The Morgan fingerprint density at radius 2 is 2.19 bits per heavy atom. The number of aryl methyl sites for hydroxylation is 1. The first-order chi connectivity index (χ1) is 13.1. The molecule has 144 valence electrons. The van der Waals surface area contributed by atoms with Crippen LogP contribution in [0.4, 0.5) is 0 Å². The van der Waals surface area contributed by atoms with Gasteiger partial charge in [0.25, 0.3) is 0 Å². The molecule has 0 unspecified atom stereocenters. The summed E-state index contributed by atoms with van der Waals surface area (Å²) in [6.07, 6.45) is 0.0593. The SMILES string of the molecule is Cc1cc(C[C@@H]2CN(C(=O)CN3CCOc4ccccc4C3)C[C@H]2O)on1. The molecule has 1 saturated heterocycles. The highest BCUT2D eigenvalue weighted by Gasteiger charge is 2.35. The van der Waals surface area contributed by atoms with Crippen LogP contribution in [0.1, 0.15) is 17.0 Å². The van der Waals surface area contributed by atoms with Gasteiger partial charge in [-0.3, -0.25) is 9.69 Å². The molecule has 7 nitrogen and oxygen atoms in total. The molecule has 1 amide bonds. The summed E-state index contributed by atoms with van der Waals surface area (Å²) in [4.78, 5) is 16.6. The highest BCUT2D eigenvalue weighted by atomic mass is 16.5. The normalized spacial score (nSPS) is 23.0. The van der Waals surface area contributed by atoms with Crippen molar-refractivity contribution in [3.05, 3.63) is 47.3 Å². The number of hydrogen-bond donors (Lipinski definition) is 1. The monoisotopic (exact) mass is 371 g/mol. The lowest BCUT2D eigenvalue weighted by atomic mass is 10.0. The average Bonchev–Trinajstić information content (AvgIpc) is 3.15. The van der Waals surface area contributed by atoms with Gasteiger partial charge in [-0.2, -0.15) is 0 Å². The maximum atomic E-state index is 12.8. The van der Waals surface area contributed by atoms with Crippen molar-refractivity contribution in [2.75, 3.05) is 32.8 Å². The van der Waals surface area contributed by atoms with Crippen molar-refractivity contribution >= 4 is 5.91 Å². The number of fused-ring (bicyclic) bond motifs is 1. The third-order valence-electron chi connectivity index (χ3n) is 5.29. The van der Waals surface area contributed by atoms with Gasteiger partial charge in [0.05, 0.1) is 18.3 Å². The number of nitrogens with zero attached hydrogens (tertiary/aromatic N) is 3. The molecular formula is C20H25N3O4. The number of carbonyl (C=O) groups is 1. The smallest absolute Gasteiger partial charge is 0.236 e. The standard InChI is InChI=1S/C20H25N3O4/c1-14-8-17(27-21-14)9-16-11-23(12-18(16)24)20(25)13-22-6-7-26-19-5-3-2-4-15(19)10-22/h2-5,8,16,18,24H,6-7,9-13H2,1H3/t16-,18-/m1/s1. The number of aromatic nitrogens is 1. The summed E-state index contributed by atoms with van der Waals surface area (Å²) in [5.41, 5.74) is 1.93. The number of aliphatic hydroxyl groups excluding tert-OH is 1. The van der Waals surface area contributed by atoms with Crippen molar-refractivity contribution in [1.82, 2.24) is 15.0 Å². The number of carbonyl (C=O) groups excluding carboxylic acids is 1. The molecule has 2 aliphatic rings. The Labute approximate surface area is 158 Å². The lowest BCUT2D eigenvalue weighted by Gasteiger charge is -2.23. The van der Waals surface area contributed by atoms with Gasteiger partial charge in [-0.25, -0.2) is 0 Å². The van der Waals surface area contributed by atoms with Crippen LogP contribution >= 0.6 is 0 Å². The number of β-amino-alcohol motifs (C(OH)–C–C–N with tert-alkyl or cyclic N) is 1. The number of rotatable bonds is 4. The number of para-hydroxylation sites is 1. The molecule has 0 aliphatic carbocycles. The van der Waals surface area contributed by atoms with Crippen LogP contribution in [-0.2, 0) is 17.8 Å². The van der Waals surface area contributed by atoms with Gasteiger partial charge in [-0.15, -0.1) is 0 Å². The topological polar surface area (TPSA) is 79.0 Å².